The molecule has 4 rings (SSSR count). The molecule has 0 aromatic carbocycles. The Morgan fingerprint density at radius 3 is 2.76 bits per heavy atom. The number of carbonyl (C=O) groups excluding carboxylic acids is 1. The molecule has 10 heteroatoms. The monoisotopic (exact) mass is 443 g/mol. The molecule has 29 heavy (non-hydrogen) atoms. The molecule has 0 spiro atoms. The van der Waals surface area contributed by atoms with Crippen molar-refractivity contribution in [2.75, 3.05) is 26.2 Å². The molecule has 162 valence electrons. The fourth-order valence-electron chi connectivity index (χ4n) is 4.56. The van der Waals surface area contributed by atoms with Crippen LogP contribution in [-0.4, -0.2) is 87.3 Å². The molecule has 0 bridgehead atoms. The fraction of sp³-hybridized carbons (Fsp3) is 0.789. The van der Waals surface area contributed by atoms with E-state index in [-0.39, 0.29) is 23.7 Å². The number of nitrogens with one attached hydrogen (secondary N) is 1. The Labute approximate surface area is 182 Å². The first-order valence-electron chi connectivity index (χ1n) is 10.1. The van der Waals surface area contributed by atoms with Crippen molar-refractivity contribution in [1.82, 2.24) is 15.1 Å². The van der Waals surface area contributed by atoms with Crippen molar-refractivity contribution >= 4 is 48.2 Å². The molecule has 2 N–H and O–H groups in total. The van der Waals surface area contributed by atoms with Crippen LogP contribution in [0.1, 0.15) is 39.5 Å². The predicted octanol–water partition coefficient (Wildman–Crippen LogP) is 1.45. The van der Waals surface area contributed by atoms with Gasteiger partial charge in [0.2, 0.25) is 0 Å². The predicted molar refractivity (Wildman–Crippen MR) is 117 cm³/mol. The maximum absolute atomic E-state index is 12.5. The van der Waals surface area contributed by atoms with Crippen molar-refractivity contribution in [1.29, 1.82) is 0 Å². The Morgan fingerprint density at radius 1 is 1.41 bits per heavy atom. The van der Waals surface area contributed by atoms with E-state index in [1.807, 2.05) is 20.2 Å². The molecular weight excluding hydrogens is 414 g/mol. The molecule has 0 saturated carbocycles. The van der Waals surface area contributed by atoms with Gasteiger partial charge < -0.3 is 20.2 Å². The third-order valence-corrected chi connectivity index (χ3v) is 7.69. The van der Waals surface area contributed by atoms with Crippen molar-refractivity contribution < 1.29 is 14.7 Å². The largest absolute Gasteiger partial charge is 0.480 e. The van der Waals surface area contributed by atoms with E-state index in [0.29, 0.717) is 5.92 Å². The van der Waals surface area contributed by atoms with E-state index in [0.717, 1.165) is 57.7 Å². The zero-order valence-corrected chi connectivity index (χ0v) is 18.5. The number of β-lactam (4-membered cyclic amide) rings is 1. The first-order valence-corrected chi connectivity index (χ1v) is 11.0. The lowest BCUT2D eigenvalue weighted by atomic mass is 9.93. The summed E-state index contributed by atoms with van der Waals surface area (Å²) in [4.78, 5) is 36.8. The quantitative estimate of drug-likeness (QED) is 0.379. The van der Waals surface area contributed by atoms with E-state index in [4.69, 9.17) is 0 Å². The molecule has 8 nitrogen and oxygen atoms in total. The van der Waals surface area contributed by atoms with Crippen molar-refractivity contribution in [3.63, 3.8) is 0 Å². The maximum atomic E-state index is 12.5. The number of hydrogen-bond donors (Lipinski definition) is 2. The van der Waals surface area contributed by atoms with E-state index >= 15 is 0 Å². The molecule has 4 aliphatic rings. The zero-order valence-electron chi connectivity index (χ0n) is 16.9. The number of aliphatic carboxylic acids is 1. The molecule has 3 atom stereocenters. The molecule has 0 aliphatic carbocycles. The Hall–Kier alpha value is -1.48. The molecule has 1 amide bonds. The number of amidine groups is 1. The number of carboxylic acids is 1. The second kappa shape index (κ2) is 8.71. The summed E-state index contributed by atoms with van der Waals surface area (Å²) in [5, 5.41) is 12.7. The van der Waals surface area contributed by atoms with Crippen molar-refractivity contribution in [2.24, 2.45) is 15.9 Å². The highest BCUT2D eigenvalue weighted by Crippen LogP contribution is 2.51. The molecule has 0 unspecified atom stereocenters. The van der Waals surface area contributed by atoms with Gasteiger partial charge in [-0.2, -0.15) is 0 Å². The highest BCUT2D eigenvalue weighted by Gasteiger charge is 2.63. The standard InChI is InChI=1S/C19H29N5O3S.ClH/c1-19(2)15(18(26)27)24-16(25)14(17(24)28-19)22-11-23-8-4-12(5-9-23)10-13-20-6-3-7-21-13;/h11-12,14-15,17H,3-10H2,1-2H3,(H,20,21)(H,26,27);1H/t14-,15+,17-;/m1./s1. The van der Waals surface area contributed by atoms with Crippen LogP contribution in [0.4, 0.5) is 0 Å². The van der Waals surface area contributed by atoms with Crippen LogP contribution < -0.4 is 5.32 Å². The number of hydrogen-bond acceptors (Lipinski definition) is 6. The van der Waals surface area contributed by atoms with Gasteiger partial charge in [-0.15, -0.1) is 24.2 Å². The van der Waals surface area contributed by atoms with Gasteiger partial charge in [0, 0.05) is 37.3 Å². The van der Waals surface area contributed by atoms with Gasteiger partial charge in [-0.25, -0.2) is 4.79 Å². The minimum atomic E-state index is -0.935. The normalized spacial score (nSPS) is 31.6. The number of nitrogens with zero attached hydrogens (tertiary/aromatic N) is 4. The summed E-state index contributed by atoms with van der Waals surface area (Å²) in [6.07, 6.45) is 6.17. The molecule has 4 aliphatic heterocycles. The van der Waals surface area contributed by atoms with Crippen LogP contribution in [0.15, 0.2) is 9.98 Å². The summed E-state index contributed by atoms with van der Waals surface area (Å²) in [5.41, 5.74) is 0. The number of piperidine rings is 1. The number of likely N-dealkylation sites (tertiary alicyclic amines) is 1. The van der Waals surface area contributed by atoms with Gasteiger partial charge in [-0.1, -0.05) is 0 Å². The highest BCUT2D eigenvalue weighted by atomic mass is 35.5. The number of fused-ring (bicyclic) bond motifs is 1. The summed E-state index contributed by atoms with van der Waals surface area (Å²) in [7, 11) is 0. The summed E-state index contributed by atoms with van der Waals surface area (Å²) < 4.78 is -0.495. The maximum Gasteiger partial charge on any atom is 0.327 e. The van der Waals surface area contributed by atoms with Crippen LogP contribution in [0.3, 0.4) is 0 Å². The second-order valence-corrected chi connectivity index (χ2v) is 10.4. The first-order chi connectivity index (χ1) is 13.4. The summed E-state index contributed by atoms with van der Waals surface area (Å²) in [6, 6.07) is -1.22. The molecule has 4 heterocycles. The fourth-order valence-corrected chi connectivity index (χ4v) is 6.18. The zero-order chi connectivity index (χ0) is 19.9. The van der Waals surface area contributed by atoms with Gasteiger partial charge in [-0.3, -0.25) is 14.8 Å². The van der Waals surface area contributed by atoms with E-state index in [1.54, 1.807) is 11.8 Å². The average Bonchev–Trinajstić information content (AvgIpc) is 2.92. The van der Waals surface area contributed by atoms with Crippen LogP contribution in [-0.2, 0) is 9.59 Å². The number of amides is 1. The molecular formula is C19H30ClN5O3S. The van der Waals surface area contributed by atoms with Crippen LogP contribution in [0.25, 0.3) is 0 Å². The minimum absolute atomic E-state index is 0. The first kappa shape index (κ1) is 22.2. The van der Waals surface area contributed by atoms with Gasteiger partial charge in [0.05, 0.1) is 12.2 Å². The van der Waals surface area contributed by atoms with E-state index in [2.05, 4.69) is 20.2 Å². The molecule has 0 radical (unpaired) electrons. The summed E-state index contributed by atoms with van der Waals surface area (Å²) >= 11 is 1.54. The van der Waals surface area contributed by atoms with E-state index < -0.39 is 22.8 Å². The van der Waals surface area contributed by atoms with Gasteiger partial charge in [0.25, 0.3) is 5.91 Å². The Morgan fingerprint density at radius 2 is 2.14 bits per heavy atom. The SMILES string of the molecule is CC1(C)S[C@@H]2[C@H](N=CN3CCC(CC4=NCCCN4)CC3)C(=O)N2[C@H]1C(=O)O.Cl. The van der Waals surface area contributed by atoms with Gasteiger partial charge >= 0.3 is 5.97 Å². The van der Waals surface area contributed by atoms with Crippen LogP contribution >= 0.6 is 24.2 Å². The number of rotatable bonds is 5. The van der Waals surface area contributed by atoms with Gasteiger partial charge in [0.15, 0.2) is 6.04 Å². The summed E-state index contributed by atoms with van der Waals surface area (Å²) in [6.45, 7) is 7.63. The van der Waals surface area contributed by atoms with Crippen LogP contribution in [0.5, 0.6) is 0 Å². The number of thioether (sulfide) groups is 1. The van der Waals surface area contributed by atoms with Crippen molar-refractivity contribution in [2.45, 2.75) is 61.7 Å². The Kier molecular flexibility index (Phi) is 6.67. The lowest BCUT2D eigenvalue weighted by molar-refractivity contribution is -0.158. The Balaban J connectivity index is 0.00000240. The average molecular weight is 444 g/mol. The third kappa shape index (κ3) is 4.35. The smallest absolute Gasteiger partial charge is 0.327 e. The van der Waals surface area contributed by atoms with Gasteiger partial charge in [-0.05, 0) is 39.0 Å². The number of halogens is 1. The van der Waals surface area contributed by atoms with E-state index in [1.165, 1.54) is 4.90 Å². The highest BCUT2D eigenvalue weighted by molar-refractivity contribution is 8.01. The third-order valence-electron chi connectivity index (χ3n) is 6.14. The Bertz CT molecular complexity index is 708. The molecule has 0 aromatic heterocycles. The minimum Gasteiger partial charge on any atom is -0.480 e. The molecule has 3 fully saturated rings. The molecule has 3 saturated heterocycles. The lowest BCUT2D eigenvalue weighted by Crippen LogP contribution is -2.65. The topological polar surface area (TPSA) is 97.6 Å². The summed E-state index contributed by atoms with van der Waals surface area (Å²) in [5.74, 6) is 0.711. The van der Waals surface area contributed by atoms with Crippen LogP contribution in [0, 0.1) is 5.92 Å². The van der Waals surface area contributed by atoms with Crippen LogP contribution in [0.2, 0.25) is 0 Å². The molecule has 0 aromatic rings. The van der Waals surface area contributed by atoms with Gasteiger partial charge in [0.1, 0.15) is 11.4 Å². The number of carbonyl (C=O) groups is 2. The lowest BCUT2D eigenvalue weighted by Gasteiger charge is -2.41. The van der Waals surface area contributed by atoms with E-state index in [9.17, 15) is 14.7 Å². The number of carboxylic acid groups (broad SMARTS) is 1. The number of aliphatic imine (C=N–C) groups is 2. The van der Waals surface area contributed by atoms with Crippen molar-refractivity contribution in [3.05, 3.63) is 0 Å². The second-order valence-electron chi connectivity index (χ2n) is 8.60. The van der Waals surface area contributed by atoms with Crippen molar-refractivity contribution in [3.8, 4) is 0 Å².